The van der Waals surface area contributed by atoms with Gasteiger partial charge in [0.05, 0.1) is 17.6 Å². The molecule has 2 amide bonds. The van der Waals surface area contributed by atoms with Crippen molar-refractivity contribution in [3.8, 4) is 16.2 Å². The molecule has 6 heteroatoms. The molecule has 0 spiro atoms. The van der Waals surface area contributed by atoms with E-state index in [0.717, 1.165) is 11.1 Å². The maximum absolute atomic E-state index is 13.2. The first kappa shape index (κ1) is 21.1. The lowest BCUT2D eigenvalue weighted by Crippen LogP contribution is -2.42. The van der Waals surface area contributed by atoms with E-state index in [-0.39, 0.29) is 11.8 Å². The molecule has 1 aliphatic rings. The predicted molar refractivity (Wildman–Crippen MR) is 123 cm³/mol. The molecular formula is C25H26N2O3S. The molecule has 0 bridgehead atoms. The van der Waals surface area contributed by atoms with Crippen LogP contribution >= 0.6 is 11.3 Å². The number of carbonyl (C=O) groups excluding carboxylic acids is 2. The molecule has 3 aromatic rings. The smallest absolute Gasteiger partial charge is 0.257 e. The number of para-hydroxylation sites is 1. The zero-order chi connectivity index (χ0) is 21.8. The second-order valence-corrected chi connectivity index (χ2v) is 8.85. The highest BCUT2D eigenvalue weighted by molar-refractivity contribution is 7.13. The summed E-state index contributed by atoms with van der Waals surface area (Å²) < 4.78 is 5.62. The van der Waals surface area contributed by atoms with E-state index in [1.54, 1.807) is 28.4 Å². The molecule has 2 N–H and O–H groups in total. The number of hydrogen-bond acceptors (Lipinski definition) is 4. The van der Waals surface area contributed by atoms with Gasteiger partial charge in [0.15, 0.2) is 0 Å². The van der Waals surface area contributed by atoms with Gasteiger partial charge in [-0.2, -0.15) is 0 Å². The number of benzene rings is 2. The normalized spacial score (nSPS) is 18.2. The number of ether oxygens (including phenoxy) is 1. The van der Waals surface area contributed by atoms with E-state index in [2.05, 4.69) is 18.2 Å². The van der Waals surface area contributed by atoms with Crippen LogP contribution in [0.4, 0.5) is 0 Å². The topological polar surface area (TPSA) is 72.6 Å². The fourth-order valence-electron chi connectivity index (χ4n) is 4.24. The van der Waals surface area contributed by atoms with Gasteiger partial charge in [-0.05, 0) is 54.5 Å². The SMILES string of the molecule is CCOc1ccccc1C(=O)N1CCC(Cc2cccc(-c3cccs3)c2)(C(N)=O)C1. The summed E-state index contributed by atoms with van der Waals surface area (Å²) >= 11 is 1.68. The van der Waals surface area contributed by atoms with Gasteiger partial charge in [0.25, 0.3) is 5.91 Å². The quantitative estimate of drug-likeness (QED) is 0.600. The predicted octanol–water partition coefficient (Wildman–Crippen LogP) is 4.37. The highest BCUT2D eigenvalue weighted by Crippen LogP contribution is 2.36. The first-order chi connectivity index (χ1) is 15.0. The molecule has 1 saturated heterocycles. The van der Waals surface area contributed by atoms with Gasteiger partial charge in [0.1, 0.15) is 5.75 Å². The van der Waals surface area contributed by atoms with Gasteiger partial charge in [0, 0.05) is 18.0 Å². The van der Waals surface area contributed by atoms with Crippen LogP contribution in [0.1, 0.15) is 29.3 Å². The summed E-state index contributed by atoms with van der Waals surface area (Å²) in [5.41, 5.74) is 7.81. The molecule has 5 nitrogen and oxygen atoms in total. The molecule has 160 valence electrons. The highest BCUT2D eigenvalue weighted by Gasteiger charge is 2.45. The first-order valence-corrected chi connectivity index (χ1v) is 11.3. The van der Waals surface area contributed by atoms with Gasteiger partial charge < -0.3 is 15.4 Å². The Bertz CT molecular complexity index is 1080. The second kappa shape index (κ2) is 8.94. The second-order valence-electron chi connectivity index (χ2n) is 7.90. The minimum atomic E-state index is -0.774. The fourth-order valence-corrected chi connectivity index (χ4v) is 4.97. The standard InChI is InChI=1S/C25H26N2O3S/c1-2-30-21-10-4-3-9-20(21)23(28)27-13-12-25(17-27,24(26)29)16-18-7-5-8-19(15-18)22-11-6-14-31-22/h3-11,14-15H,2,12-13,16-17H2,1H3,(H2,26,29). The number of amides is 2. The van der Waals surface area contributed by atoms with Crippen molar-refractivity contribution >= 4 is 23.2 Å². The monoisotopic (exact) mass is 434 g/mol. The Morgan fingerprint density at radius 1 is 1.13 bits per heavy atom. The van der Waals surface area contributed by atoms with Gasteiger partial charge in [-0.25, -0.2) is 0 Å². The number of nitrogens with two attached hydrogens (primary N) is 1. The molecule has 1 atom stereocenters. The average molecular weight is 435 g/mol. The van der Waals surface area contributed by atoms with E-state index in [1.807, 2.05) is 42.6 Å². The third-order valence-electron chi connectivity index (χ3n) is 5.86. The number of nitrogens with zero attached hydrogens (tertiary/aromatic N) is 1. The fraction of sp³-hybridized carbons (Fsp3) is 0.280. The zero-order valence-electron chi connectivity index (χ0n) is 17.5. The Morgan fingerprint density at radius 2 is 1.97 bits per heavy atom. The Morgan fingerprint density at radius 3 is 2.71 bits per heavy atom. The molecule has 1 fully saturated rings. The minimum Gasteiger partial charge on any atom is -0.493 e. The maximum Gasteiger partial charge on any atom is 0.257 e. The molecule has 0 radical (unpaired) electrons. The Labute approximate surface area is 186 Å². The molecule has 2 aromatic carbocycles. The molecule has 2 heterocycles. The Hall–Kier alpha value is -3.12. The van der Waals surface area contributed by atoms with Crippen molar-refractivity contribution in [2.75, 3.05) is 19.7 Å². The summed E-state index contributed by atoms with van der Waals surface area (Å²) in [6.07, 6.45) is 1.06. The molecule has 1 aliphatic heterocycles. The lowest BCUT2D eigenvalue weighted by atomic mass is 9.80. The molecule has 0 aliphatic carbocycles. The number of primary amides is 1. The molecule has 4 rings (SSSR count). The molecule has 31 heavy (non-hydrogen) atoms. The van der Waals surface area contributed by atoms with Crippen molar-refractivity contribution in [3.05, 3.63) is 77.2 Å². The highest BCUT2D eigenvalue weighted by atomic mass is 32.1. The Balaban J connectivity index is 1.56. The van der Waals surface area contributed by atoms with Gasteiger partial charge >= 0.3 is 0 Å². The third-order valence-corrected chi connectivity index (χ3v) is 6.78. The van der Waals surface area contributed by atoms with Crippen LogP contribution in [0.5, 0.6) is 5.75 Å². The van der Waals surface area contributed by atoms with E-state index in [1.165, 1.54) is 4.88 Å². The van der Waals surface area contributed by atoms with Crippen LogP contribution in [0.15, 0.2) is 66.0 Å². The Kier molecular flexibility index (Phi) is 6.09. The summed E-state index contributed by atoms with van der Waals surface area (Å²) in [4.78, 5) is 28.7. The molecule has 1 aromatic heterocycles. The van der Waals surface area contributed by atoms with Crippen LogP contribution in [0.25, 0.3) is 10.4 Å². The van der Waals surface area contributed by atoms with Crippen LogP contribution in [-0.4, -0.2) is 36.4 Å². The maximum atomic E-state index is 13.2. The van der Waals surface area contributed by atoms with Crippen molar-refractivity contribution in [2.45, 2.75) is 19.8 Å². The zero-order valence-corrected chi connectivity index (χ0v) is 18.4. The lowest BCUT2D eigenvalue weighted by Gasteiger charge is -2.26. The van der Waals surface area contributed by atoms with Gasteiger partial charge in [0.2, 0.25) is 5.91 Å². The summed E-state index contributed by atoms with van der Waals surface area (Å²) in [6.45, 7) is 3.17. The summed E-state index contributed by atoms with van der Waals surface area (Å²) in [7, 11) is 0. The van der Waals surface area contributed by atoms with E-state index in [9.17, 15) is 9.59 Å². The van der Waals surface area contributed by atoms with Crippen molar-refractivity contribution in [1.29, 1.82) is 0 Å². The number of rotatable bonds is 7. The van der Waals surface area contributed by atoms with Crippen molar-refractivity contribution in [1.82, 2.24) is 4.90 Å². The van der Waals surface area contributed by atoms with Crippen LogP contribution in [0.2, 0.25) is 0 Å². The summed E-state index contributed by atoms with van der Waals surface area (Å²) in [5.74, 6) is 0.0807. The van der Waals surface area contributed by atoms with Crippen molar-refractivity contribution in [3.63, 3.8) is 0 Å². The van der Waals surface area contributed by atoms with Crippen LogP contribution in [0.3, 0.4) is 0 Å². The molecule has 0 saturated carbocycles. The number of carbonyl (C=O) groups is 2. The number of thiophene rings is 1. The largest absolute Gasteiger partial charge is 0.493 e. The van der Waals surface area contributed by atoms with Crippen LogP contribution in [0, 0.1) is 5.41 Å². The van der Waals surface area contributed by atoms with Gasteiger partial charge in [-0.15, -0.1) is 11.3 Å². The lowest BCUT2D eigenvalue weighted by molar-refractivity contribution is -0.126. The molecular weight excluding hydrogens is 408 g/mol. The minimum absolute atomic E-state index is 0.125. The molecule has 1 unspecified atom stereocenters. The van der Waals surface area contributed by atoms with Crippen LogP contribution < -0.4 is 10.5 Å². The van der Waals surface area contributed by atoms with E-state index in [0.29, 0.717) is 43.9 Å². The summed E-state index contributed by atoms with van der Waals surface area (Å²) in [6, 6.07) is 19.6. The van der Waals surface area contributed by atoms with E-state index >= 15 is 0 Å². The third kappa shape index (κ3) is 4.35. The average Bonchev–Trinajstić information content (AvgIpc) is 3.45. The van der Waals surface area contributed by atoms with Crippen molar-refractivity contribution < 1.29 is 14.3 Å². The van der Waals surface area contributed by atoms with E-state index in [4.69, 9.17) is 10.5 Å². The van der Waals surface area contributed by atoms with Gasteiger partial charge in [-0.3, -0.25) is 9.59 Å². The van der Waals surface area contributed by atoms with Crippen molar-refractivity contribution in [2.24, 2.45) is 11.1 Å². The number of likely N-dealkylation sites (tertiary alicyclic amines) is 1. The number of hydrogen-bond donors (Lipinski definition) is 1. The van der Waals surface area contributed by atoms with E-state index < -0.39 is 5.41 Å². The summed E-state index contributed by atoms with van der Waals surface area (Å²) in [5, 5.41) is 2.05. The van der Waals surface area contributed by atoms with Crippen LogP contribution in [-0.2, 0) is 11.2 Å². The van der Waals surface area contributed by atoms with Gasteiger partial charge in [-0.1, -0.05) is 42.5 Å². The first-order valence-electron chi connectivity index (χ1n) is 10.5.